The second-order valence-corrected chi connectivity index (χ2v) is 4.80. The number of furan rings is 1. The van der Waals surface area contributed by atoms with E-state index in [2.05, 4.69) is 19.2 Å². The Morgan fingerprint density at radius 2 is 2.00 bits per heavy atom. The second-order valence-electron chi connectivity index (χ2n) is 4.80. The van der Waals surface area contributed by atoms with E-state index in [1.807, 2.05) is 17.9 Å². The molecule has 1 N–H and O–H groups in total. The highest BCUT2D eigenvalue weighted by Gasteiger charge is 2.27. The molecule has 18 heavy (non-hydrogen) atoms. The van der Waals surface area contributed by atoms with Crippen LogP contribution in [-0.4, -0.2) is 36.0 Å². The lowest BCUT2D eigenvalue weighted by Gasteiger charge is -2.35. The van der Waals surface area contributed by atoms with Gasteiger partial charge in [0, 0.05) is 31.6 Å². The molecule has 1 saturated heterocycles. The maximum Gasteiger partial charge on any atom is 0.289 e. The van der Waals surface area contributed by atoms with Crippen LogP contribution in [0.5, 0.6) is 0 Å². The zero-order valence-electron chi connectivity index (χ0n) is 11.1. The largest absolute Gasteiger partial charge is 0.456 e. The van der Waals surface area contributed by atoms with Crippen molar-refractivity contribution in [3.05, 3.63) is 23.7 Å². The van der Waals surface area contributed by atoms with Crippen LogP contribution in [0.1, 0.15) is 37.1 Å². The number of carbonyl (C=O) groups excluding carboxylic acids is 1. The van der Waals surface area contributed by atoms with Gasteiger partial charge in [0.15, 0.2) is 5.76 Å². The third-order valence-corrected chi connectivity index (χ3v) is 3.07. The van der Waals surface area contributed by atoms with Crippen molar-refractivity contribution in [1.29, 1.82) is 0 Å². The van der Waals surface area contributed by atoms with Crippen LogP contribution in [-0.2, 0) is 6.42 Å². The molecule has 2 rings (SSSR count). The van der Waals surface area contributed by atoms with Crippen LogP contribution in [0.15, 0.2) is 16.5 Å². The maximum absolute atomic E-state index is 12.2. The summed E-state index contributed by atoms with van der Waals surface area (Å²) in [6.07, 6.45) is 0.821. The normalized spacial score (nSPS) is 23.6. The Morgan fingerprint density at radius 1 is 1.39 bits per heavy atom. The van der Waals surface area contributed by atoms with Gasteiger partial charge in [-0.05, 0) is 26.0 Å². The lowest BCUT2D eigenvalue weighted by Crippen LogP contribution is -2.55. The van der Waals surface area contributed by atoms with Crippen molar-refractivity contribution in [3.8, 4) is 0 Å². The molecule has 102 valence electrons. The Morgan fingerprint density at radius 3 is 2.50 bits per heavy atom. The molecule has 2 unspecified atom stereocenters. The molecular formula is C13H21ClN2O2. The van der Waals surface area contributed by atoms with E-state index in [1.54, 1.807) is 6.07 Å². The minimum Gasteiger partial charge on any atom is -0.456 e. The first-order chi connectivity index (χ1) is 8.10. The Labute approximate surface area is 114 Å². The summed E-state index contributed by atoms with van der Waals surface area (Å²) in [6, 6.07) is 4.33. The van der Waals surface area contributed by atoms with Crippen LogP contribution in [0, 0.1) is 0 Å². The molecule has 1 aliphatic heterocycles. The van der Waals surface area contributed by atoms with Crippen molar-refractivity contribution in [2.45, 2.75) is 39.3 Å². The lowest BCUT2D eigenvalue weighted by atomic mass is 10.1. The topological polar surface area (TPSA) is 45.5 Å². The van der Waals surface area contributed by atoms with E-state index in [-0.39, 0.29) is 18.3 Å². The predicted octanol–water partition coefficient (Wildman–Crippen LogP) is 2.09. The van der Waals surface area contributed by atoms with Gasteiger partial charge in [-0.2, -0.15) is 0 Å². The Hall–Kier alpha value is -1.00. The first kappa shape index (κ1) is 15.1. The van der Waals surface area contributed by atoms with Crippen molar-refractivity contribution >= 4 is 18.3 Å². The molecule has 0 aliphatic carbocycles. The van der Waals surface area contributed by atoms with E-state index < -0.39 is 0 Å². The van der Waals surface area contributed by atoms with Gasteiger partial charge < -0.3 is 14.6 Å². The number of halogens is 1. The summed E-state index contributed by atoms with van der Waals surface area (Å²) in [5, 5.41) is 3.41. The van der Waals surface area contributed by atoms with Gasteiger partial charge in [-0.25, -0.2) is 0 Å². The average molecular weight is 273 g/mol. The van der Waals surface area contributed by atoms with Crippen molar-refractivity contribution in [2.24, 2.45) is 0 Å². The van der Waals surface area contributed by atoms with Crippen LogP contribution < -0.4 is 5.32 Å². The molecule has 1 fully saturated rings. The van der Waals surface area contributed by atoms with Gasteiger partial charge in [0.1, 0.15) is 5.76 Å². The highest BCUT2D eigenvalue weighted by Crippen LogP contribution is 2.14. The average Bonchev–Trinajstić information content (AvgIpc) is 2.75. The monoisotopic (exact) mass is 272 g/mol. The first-order valence-corrected chi connectivity index (χ1v) is 6.24. The number of aryl methyl sites for hydroxylation is 1. The summed E-state index contributed by atoms with van der Waals surface area (Å²) in [5.74, 6) is 1.33. The quantitative estimate of drug-likeness (QED) is 0.897. The van der Waals surface area contributed by atoms with Crippen molar-refractivity contribution in [1.82, 2.24) is 10.2 Å². The van der Waals surface area contributed by atoms with E-state index in [1.165, 1.54) is 0 Å². The standard InChI is InChI=1S/C13H20N2O2.ClH/c1-4-11-5-6-12(17-11)13(16)15-7-9(2)14-10(3)8-15;/h5-6,9-10,14H,4,7-8H2,1-3H3;1H. The number of hydrogen-bond donors (Lipinski definition) is 1. The zero-order chi connectivity index (χ0) is 12.4. The molecule has 0 saturated carbocycles. The molecule has 2 atom stereocenters. The lowest BCUT2D eigenvalue weighted by molar-refractivity contribution is 0.0640. The molecule has 1 aliphatic rings. The van der Waals surface area contributed by atoms with Gasteiger partial charge in [-0.15, -0.1) is 12.4 Å². The smallest absolute Gasteiger partial charge is 0.289 e. The van der Waals surface area contributed by atoms with Gasteiger partial charge in [0.2, 0.25) is 0 Å². The molecule has 1 aromatic heterocycles. The second kappa shape index (κ2) is 6.25. The molecule has 1 aromatic rings. The van der Waals surface area contributed by atoms with Crippen molar-refractivity contribution in [2.75, 3.05) is 13.1 Å². The summed E-state index contributed by atoms with van der Waals surface area (Å²) < 4.78 is 5.51. The summed E-state index contributed by atoms with van der Waals surface area (Å²) in [7, 11) is 0. The highest BCUT2D eigenvalue weighted by molar-refractivity contribution is 5.91. The number of nitrogens with one attached hydrogen (secondary N) is 1. The molecule has 0 radical (unpaired) electrons. The number of amides is 1. The Kier molecular flexibility index (Phi) is 5.23. The number of hydrogen-bond acceptors (Lipinski definition) is 3. The molecule has 0 bridgehead atoms. The van der Waals surface area contributed by atoms with E-state index in [9.17, 15) is 4.79 Å². The van der Waals surface area contributed by atoms with Crippen LogP contribution in [0.25, 0.3) is 0 Å². The fourth-order valence-electron chi connectivity index (χ4n) is 2.33. The van der Waals surface area contributed by atoms with Crippen LogP contribution >= 0.6 is 12.4 Å². The van der Waals surface area contributed by atoms with Gasteiger partial charge in [-0.1, -0.05) is 6.92 Å². The number of nitrogens with zero attached hydrogens (tertiary/aromatic N) is 1. The molecule has 4 nitrogen and oxygen atoms in total. The summed E-state index contributed by atoms with van der Waals surface area (Å²) in [6.45, 7) is 7.68. The Balaban J connectivity index is 0.00000162. The van der Waals surface area contributed by atoms with Crippen molar-refractivity contribution in [3.63, 3.8) is 0 Å². The Bertz CT molecular complexity index is 395. The number of rotatable bonds is 2. The van der Waals surface area contributed by atoms with Gasteiger partial charge in [0.05, 0.1) is 0 Å². The van der Waals surface area contributed by atoms with E-state index in [4.69, 9.17) is 4.42 Å². The molecule has 0 spiro atoms. The molecule has 1 amide bonds. The predicted molar refractivity (Wildman–Crippen MR) is 73.3 cm³/mol. The third-order valence-electron chi connectivity index (χ3n) is 3.07. The molecular weight excluding hydrogens is 252 g/mol. The van der Waals surface area contributed by atoms with Crippen molar-refractivity contribution < 1.29 is 9.21 Å². The summed E-state index contributed by atoms with van der Waals surface area (Å²) >= 11 is 0. The highest BCUT2D eigenvalue weighted by atomic mass is 35.5. The number of carbonyl (C=O) groups is 1. The van der Waals surface area contributed by atoms with Gasteiger partial charge >= 0.3 is 0 Å². The molecule has 2 heterocycles. The maximum atomic E-state index is 12.2. The van der Waals surface area contributed by atoms with Crippen LogP contribution in [0.2, 0.25) is 0 Å². The summed E-state index contributed by atoms with van der Waals surface area (Å²) in [4.78, 5) is 14.1. The minimum absolute atomic E-state index is 0. The fourth-order valence-corrected chi connectivity index (χ4v) is 2.33. The zero-order valence-corrected chi connectivity index (χ0v) is 11.9. The molecule has 0 aromatic carbocycles. The first-order valence-electron chi connectivity index (χ1n) is 6.24. The van der Waals surface area contributed by atoms with E-state index in [0.29, 0.717) is 17.8 Å². The van der Waals surface area contributed by atoms with Gasteiger partial charge in [0.25, 0.3) is 5.91 Å². The van der Waals surface area contributed by atoms with Gasteiger partial charge in [-0.3, -0.25) is 4.79 Å². The third kappa shape index (κ3) is 3.27. The SMILES string of the molecule is CCc1ccc(C(=O)N2CC(C)NC(C)C2)o1.Cl. The fraction of sp³-hybridized carbons (Fsp3) is 0.615. The summed E-state index contributed by atoms with van der Waals surface area (Å²) in [5.41, 5.74) is 0. The number of piperazine rings is 1. The van der Waals surface area contributed by atoms with Crippen LogP contribution in [0.4, 0.5) is 0 Å². The van der Waals surface area contributed by atoms with E-state index >= 15 is 0 Å². The van der Waals surface area contributed by atoms with Crippen LogP contribution in [0.3, 0.4) is 0 Å². The minimum atomic E-state index is 0. The van der Waals surface area contributed by atoms with E-state index in [0.717, 1.165) is 25.3 Å². The molecule has 5 heteroatoms.